The van der Waals surface area contributed by atoms with Crippen molar-refractivity contribution in [3.05, 3.63) is 23.8 Å². The second-order valence-corrected chi connectivity index (χ2v) is 4.47. The maximum Gasteiger partial charge on any atom is 0.335 e. The van der Waals surface area contributed by atoms with E-state index in [4.69, 9.17) is 10.8 Å². The first-order valence-electron chi connectivity index (χ1n) is 6.67. The number of hydrogen-bond donors (Lipinski definition) is 3. The Morgan fingerprint density at radius 3 is 2.63 bits per heavy atom. The van der Waals surface area contributed by atoms with Crippen LogP contribution >= 0.6 is 0 Å². The van der Waals surface area contributed by atoms with Gasteiger partial charge in [-0.2, -0.15) is 0 Å². The highest BCUT2D eigenvalue weighted by Crippen LogP contribution is 2.19. The average molecular weight is 265 g/mol. The van der Waals surface area contributed by atoms with E-state index in [1.165, 1.54) is 6.07 Å². The van der Waals surface area contributed by atoms with Gasteiger partial charge >= 0.3 is 5.97 Å². The predicted molar refractivity (Wildman–Crippen MR) is 78.7 cm³/mol. The Balaban J connectivity index is 2.51. The molecule has 0 amide bonds. The molecule has 0 aliphatic heterocycles. The van der Waals surface area contributed by atoms with Gasteiger partial charge in [-0.15, -0.1) is 0 Å². The number of carboxylic acid groups (broad SMARTS) is 1. The fraction of sp³-hybridized carbons (Fsp3) is 0.500. The molecule has 5 nitrogen and oxygen atoms in total. The first kappa shape index (κ1) is 15.3. The molecular formula is C14H23N3O2. The monoisotopic (exact) mass is 265 g/mol. The Kier molecular flexibility index (Phi) is 6.15. The van der Waals surface area contributed by atoms with E-state index < -0.39 is 5.97 Å². The molecule has 0 bridgehead atoms. The highest BCUT2D eigenvalue weighted by molar-refractivity contribution is 5.90. The van der Waals surface area contributed by atoms with Crippen molar-refractivity contribution in [3.8, 4) is 0 Å². The van der Waals surface area contributed by atoms with Gasteiger partial charge in [-0.1, -0.05) is 13.8 Å². The van der Waals surface area contributed by atoms with Crippen LogP contribution in [0.3, 0.4) is 0 Å². The average Bonchev–Trinajstić information content (AvgIpc) is 2.39. The number of nitrogens with one attached hydrogen (secondary N) is 1. The van der Waals surface area contributed by atoms with Crippen molar-refractivity contribution in [3.63, 3.8) is 0 Å². The summed E-state index contributed by atoms with van der Waals surface area (Å²) in [6, 6.07) is 4.76. The van der Waals surface area contributed by atoms with E-state index in [9.17, 15) is 4.79 Å². The van der Waals surface area contributed by atoms with Crippen molar-refractivity contribution in [1.82, 2.24) is 4.90 Å². The van der Waals surface area contributed by atoms with E-state index >= 15 is 0 Å². The zero-order valence-corrected chi connectivity index (χ0v) is 11.6. The molecule has 1 aromatic carbocycles. The molecular weight excluding hydrogens is 242 g/mol. The highest BCUT2D eigenvalue weighted by Gasteiger charge is 2.06. The van der Waals surface area contributed by atoms with Crippen LogP contribution in [0.2, 0.25) is 0 Å². The fourth-order valence-electron chi connectivity index (χ4n) is 1.95. The number of nitrogens with zero attached hydrogens (tertiary/aromatic N) is 1. The molecule has 0 aliphatic carbocycles. The van der Waals surface area contributed by atoms with Crippen LogP contribution in [0.1, 0.15) is 30.6 Å². The topological polar surface area (TPSA) is 78.6 Å². The van der Waals surface area contributed by atoms with Gasteiger partial charge in [-0.05, 0) is 37.7 Å². The third-order valence-corrected chi connectivity index (χ3v) is 3.03. The number of nitrogens with two attached hydrogens (primary N) is 1. The molecule has 0 saturated carbocycles. The van der Waals surface area contributed by atoms with Crippen LogP contribution in [0.15, 0.2) is 18.2 Å². The quantitative estimate of drug-likeness (QED) is 0.627. The molecule has 106 valence electrons. The lowest BCUT2D eigenvalue weighted by Crippen LogP contribution is -2.29. The summed E-state index contributed by atoms with van der Waals surface area (Å²) in [5, 5.41) is 12.1. The molecule has 0 spiro atoms. The smallest absolute Gasteiger partial charge is 0.335 e. The van der Waals surface area contributed by atoms with E-state index in [0.29, 0.717) is 5.69 Å². The summed E-state index contributed by atoms with van der Waals surface area (Å²) in [5.74, 6) is -0.960. The van der Waals surface area contributed by atoms with E-state index in [-0.39, 0.29) is 5.56 Å². The largest absolute Gasteiger partial charge is 0.478 e. The number of nitrogen functional groups attached to an aromatic ring is 1. The van der Waals surface area contributed by atoms with Crippen molar-refractivity contribution in [1.29, 1.82) is 0 Å². The molecule has 5 heteroatoms. The zero-order valence-electron chi connectivity index (χ0n) is 11.6. The maximum atomic E-state index is 10.8. The van der Waals surface area contributed by atoms with Gasteiger partial charge in [-0.25, -0.2) is 4.79 Å². The second-order valence-electron chi connectivity index (χ2n) is 4.47. The summed E-state index contributed by atoms with van der Waals surface area (Å²) in [7, 11) is 0. The van der Waals surface area contributed by atoms with Crippen LogP contribution in [0.5, 0.6) is 0 Å². The van der Waals surface area contributed by atoms with Gasteiger partial charge in [0, 0.05) is 13.1 Å². The Hall–Kier alpha value is -1.75. The number of aromatic carboxylic acids is 1. The van der Waals surface area contributed by atoms with Crippen molar-refractivity contribution in [2.75, 3.05) is 37.2 Å². The minimum absolute atomic E-state index is 0.212. The first-order valence-corrected chi connectivity index (χ1v) is 6.67. The Bertz CT molecular complexity index is 421. The molecule has 0 aromatic heterocycles. The van der Waals surface area contributed by atoms with Gasteiger partial charge in [-0.3, -0.25) is 0 Å². The maximum absolute atomic E-state index is 10.8. The lowest BCUT2D eigenvalue weighted by Gasteiger charge is -2.20. The van der Waals surface area contributed by atoms with Gasteiger partial charge in [0.2, 0.25) is 0 Å². The number of hydrogen-bond acceptors (Lipinski definition) is 4. The standard InChI is InChI=1S/C14H23N3O2/c1-3-8-17(4-2)9-7-16-13-6-5-11(14(18)19)10-12(13)15/h5-6,10,16H,3-4,7-9,15H2,1-2H3,(H,18,19). The van der Waals surface area contributed by atoms with E-state index in [2.05, 4.69) is 24.1 Å². The normalized spacial score (nSPS) is 10.7. The summed E-state index contributed by atoms with van der Waals surface area (Å²) < 4.78 is 0. The summed E-state index contributed by atoms with van der Waals surface area (Å²) in [6.07, 6.45) is 1.14. The number of benzene rings is 1. The van der Waals surface area contributed by atoms with Crippen LogP contribution < -0.4 is 11.1 Å². The van der Waals surface area contributed by atoms with Crippen molar-refractivity contribution in [2.24, 2.45) is 0 Å². The van der Waals surface area contributed by atoms with Crippen LogP contribution in [0.25, 0.3) is 0 Å². The highest BCUT2D eigenvalue weighted by atomic mass is 16.4. The lowest BCUT2D eigenvalue weighted by atomic mass is 10.2. The van der Waals surface area contributed by atoms with E-state index in [0.717, 1.165) is 38.3 Å². The number of rotatable bonds is 8. The molecule has 0 heterocycles. The number of carbonyl (C=O) groups is 1. The van der Waals surface area contributed by atoms with Crippen LogP contribution in [0.4, 0.5) is 11.4 Å². The van der Waals surface area contributed by atoms with Crippen molar-refractivity contribution >= 4 is 17.3 Å². The summed E-state index contributed by atoms with van der Waals surface area (Å²) in [4.78, 5) is 13.2. The molecule has 0 fully saturated rings. The number of likely N-dealkylation sites (N-methyl/N-ethyl adjacent to an activating group) is 1. The molecule has 4 N–H and O–H groups in total. The van der Waals surface area contributed by atoms with Crippen LogP contribution in [-0.2, 0) is 0 Å². The summed E-state index contributed by atoms with van der Waals surface area (Å²) in [6.45, 7) is 8.17. The number of anilines is 2. The molecule has 1 rings (SSSR count). The van der Waals surface area contributed by atoms with Crippen molar-refractivity contribution < 1.29 is 9.90 Å². The third kappa shape index (κ3) is 4.79. The number of carboxylic acids is 1. The van der Waals surface area contributed by atoms with Gasteiger partial charge in [0.15, 0.2) is 0 Å². The van der Waals surface area contributed by atoms with Gasteiger partial charge in [0.1, 0.15) is 0 Å². The first-order chi connectivity index (χ1) is 9.08. The molecule has 0 saturated heterocycles. The summed E-state index contributed by atoms with van der Waals surface area (Å²) in [5.41, 5.74) is 7.30. The zero-order chi connectivity index (χ0) is 14.3. The molecule has 0 radical (unpaired) electrons. The second kappa shape index (κ2) is 7.63. The van der Waals surface area contributed by atoms with Crippen LogP contribution in [-0.4, -0.2) is 42.2 Å². The minimum atomic E-state index is -0.960. The lowest BCUT2D eigenvalue weighted by molar-refractivity contribution is 0.0697. The van der Waals surface area contributed by atoms with E-state index in [1.807, 2.05) is 0 Å². The SMILES string of the molecule is CCCN(CC)CCNc1ccc(C(=O)O)cc1N. The fourth-order valence-corrected chi connectivity index (χ4v) is 1.95. The molecule has 0 unspecified atom stereocenters. The Morgan fingerprint density at radius 2 is 2.11 bits per heavy atom. The predicted octanol–water partition coefficient (Wildman–Crippen LogP) is 2.11. The van der Waals surface area contributed by atoms with Gasteiger partial charge < -0.3 is 21.1 Å². The van der Waals surface area contributed by atoms with Crippen molar-refractivity contribution in [2.45, 2.75) is 20.3 Å². The van der Waals surface area contributed by atoms with Gasteiger partial charge in [0.05, 0.1) is 16.9 Å². The summed E-state index contributed by atoms with van der Waals surface area (Å²) >= 11 is 0. The Morgan fingerprint density at radius 1 is 1.37 bits per heavy atom. The molecule has 0 aliphatic rings. The Labute approximate surface area is 114 Å². The van der Waals surface area contributed by atoms with Gasteiger partial charge in [0.25, 0.3) is 0 Å². The molecule has 19 heavy (non-hydrogen) atoms. The van der Waals surface area contributed by atoms with Crippen LogP contribution in [0, 0.1) is 0 Å². The third-order valence-electron chi connectivity index (χ3n) is 3.03. The van der Waals surface area contributed by atoms with E-state index in [1.54, 1.807) is 12.1 Å². The minimum Gasteiger partial charge on any atom is -0.478 e. The molecule has 0 atom stereocenters. The molecule has 1 aromatic rings.